The van der Waals surface area contributed by atoms with Crippen molar-refractivity contribution in [2.75, 3.05) is 17.7 Å². The van der Waals surface area contributed by atoms with E-state index >= 15 is 0 Å². The van der Waals surface area contributed by atoms with E-state index in [1.165, 1.54) is 23.1 Å². The third-order valence-corrected chi connectivity index (χ3v) is 6.48. The van der Waals surface area contributed by atoms with Crippen molar-refractivity contribution in [3.63, 3.8) is 0 Å². The van der Waals surface area contributed by atoms with Crippen LogP contribution in [0.25, 0.3) is 5.69 Å². The summed E-state index contributed by atoms with van der Waals surface area (Å²) in [5.74, 6) is 0.450. The van der Waals surface area contributed by atoms with Gasteiger partial charge >= 0.3 is 0 Å². The third-order valence-electron chi connectivity index (χ3n) is 3.86. The maximum absolute atomic E-state index is 12.5. The van der Waals surface area contributed by atoms with Crippen LogP contribution in [0.2, 0.25) is 5.02 Å². The Kier molecular flexibility index (Phi) is 5.49. The smallest absolute Gasteiger partial charge is 0.262 e. The molecule has 2 heterocycles. The van der Waals surface area contributed by atoms with Crippen LogP contribution in [0, 0.1) is 3.95 Å². The van der Waals surface area contributed by atoms with Gasteiger partial charge in [-0.2, -0.15) is 0 Å². The van der Waals surface area contributed by atoms with E-state index in [4.69, 9.17) is 28.6 Å². The Labute approximate surface area is 178 Å². The van der Waals surface area contributed by atoms with Crippen molar-refractivity contribution in [1.29, 1.82) is 0 Å². The highest BCUT2D eigenvalue weighted by Gasteiger charge is 2.18. The van der Waals surface area contributed by atoms with Gasteiger partial charge in [0, 0.05) is 10.6 Å². The fourth-order valence-corrected chi connectivity index (χ4v) is 4.91. The summed E-state index contributed by atoms with van der Waals surface area (Å²) in [6, 6.07) is 12.2. The van der Waals surface area contributed by atoms with E-state index in [1.807, 2.05) is 12.1 Å². The number of hydrogen-bond donors (Lipinski definition) is 1. The molecule has 2 aromatic carbocycles. The summed E-state index contributed by atoms with van der Waals surface area (Å²) in [5.41, 5.74) is 1.82. The van der Waals surface area contributed by atoms with Crippen LogP contribution in [0.1, 0.15) is 10.4 Å². The molecule has 0 saturated carbocycles. The molecule has 0 spiro atoms. The van der Waals surface area contributed by atoms with Crippen LogP contribution in [0.4, 0.5) is 5.69 Å². The van der Waals surface area contributed by atoms with Gasteiger partial charge in [-0.25, -0.2) is 4.68 Å². The number of thioether (sulfide) groups is 1. The maximum Gasteiger partial charge on any atom is 0.262 e. The Balaban J connectivity index is 1.46. The summed E-state index contributed by atoms with van der Waals surface area (Å²) in [7, 11) is 0. The molecule has 0 bridgehead atoms. The molecule has 4 rings (SSSR count). The normalized spacial score (nSPS) is 12.8. The molecule has 0 radical (unpaired) electrons. The SMILES string of the molecule is O=C1COc2ccc(C(=O)CSc3nn(-c4ccc(Cl)cc4)c(=S)s3)cc2N1. The first kappa shape index (κ1) is 19.1. The fourth-order valence-electron chi connectivity index (χ4n) is 2.53. The topological polar surface area (TPSA) is 73.2 Å². The number of amides is 1. The van der Waals surface area contributed by atoms with Crippen molar-refractivity contribution < 1.29 is 14.3 Å². The summed E-state index contributed by atoms with van der Waals surface area (Å²) in [6.07, 6.45) is 0. The number of nitrogens with zero attached hydrogens (tertiary/aromatic N) is 2. The summed E-state index contributed by atoms with van der Waals surface area (Å²) in [4.78, 5) is 24.0. The van der Waals surface area contributed by atoms with Crippen LogP contribution >= 0.6 is 46.9 Å². The Hall–Kier alpha value is -2.20. The summed E-state index contributed by atoms with van der Waals surface area (Å²) < 4.78 is 8.24. The van der Waals surface area contributed by atoms with E-state index in [-0.39, 0.29) is 24.1 Å². The number of fused-ring (bicyclic) bond motifs is 1. The van der Waals surface area contributed by atoms with Gasteiger partial charge in [0.25, 0.3) is 5.91 Å². The molecule has 10 heteroatoms. The summed E-state index contributed by atoms with van der Waals surface area (Å²) >= 11 is 13.9. The second-order valence-electron chi connectivity index (χ2n) is 5.78. The monoisotopic (exact) mass is 449 g/mol. The Bertz CT molecular complexity index is 1130. The molecule has 0 unspecified atom stereocenters. The van der Waals surface area contributed by atoms with Crippen molar-refractivity contribution in [3.05, 3.63) is 57.0 Å². The standard InChI is InChI=1S/C18H12ClN3O3S3/c19-11-2-4-12(5-3-11)22-18(26)28-17(21-22)27-9-14(23)10-1-6-15-13(7-10)20-16(24)8-25-15/h1-7H,8-9H2,(H,20,24). The molecule has 1 aliphatic heterocycles. The first-order valence-electron chi connectivity index (χ1n) is 8.08. The lowest BCUT2D eigenvalue weighted by Gasteiger charge is -2.18. The van der Waals surface area contributed by atoms with E-state index in [1.54, 1.807) is 35.0 Å². The molecule has 28 heavy (non-hydrogen) atoms. The molecule has 1 aliphatic rings. The van der Waals surface area contributed by atoms with E-state index in [0.717, 1.165) is 5.69 Å². The van der Waals surface area contributed by atoms with Crippen LogP contribution in [0.5, 0.6) is 5.75 Å². The maximum atomic E-state index is 12.5. The van der Waals surface area contributed by atoms with Crippen LogP contribution in [0.15, 0.2) is 46.8 Å². The number of benzene rings is 2. The lowest BCUT2D eigenvalue weighted by atomic mass is 10.1. The van der Waals surface area contributed by atoms with Gasteiger partial charge < -0.3 is 10.1 Å². The number of Topliss-reactive ketones (excluding diaryl/α,β-unsaturated/α-hetero) is 1. The number of rotatable bonds is 5. The predicted molar refractivity (Wildman–Crippen MR) is 113 cm³/mol. The molecular weight excluding hydrogens is 438 g/mol. The van der Waals surface area contributed by atoms with Gasteiger partial charge in [-0.15, -0.1) is 5.10 Å². The summed E-state index contributed by atoms with van der Waals surface area (Å²) in [6.45, 7) is -0.0166. The quantitative estimate of drug-likeness (QED) is 0.348. The number of carbonyl (C=O) groups excluding carboxylic acids is 2. The molecular formula is C18H12ClN3O3S3. The Morgan fingerprint density at radius 3 is 2.89 bits per heavy atom. The molecule has 1 aromatic heterocycles. The molecule has 6 nitrogen and oxygen atoms in total. The van der Waals surface area contributed by atoms with Crippen molar-refractivity contribution >= 4 is 64.3 Å². The zero-order valence-corrected chi connectivity index (χ0v) is 17.4. The molecule has 1 amide bonds. The largest absolute Gasteiger partial charge is 0.482 e. The van der Waals surface area contributed by atoms with E-state index in [9.17, 15) is 9.59 Å². The number of halogens is 1. The lowest BCUT2D eigenvalue weighted by Crippen LogP contribution is -2.25. The van der Waals surface area contributed by atoms with Gasteiger partial charge in [-0.05, 0) is 54.7 Å². The zero-order chi connectivity index (χ0) is 19.7. The number of nitrogens with one attached hydrogen (secondary N) is 1. The minimum atomic E-state index is -0.237. The molecule has 142 valence electrons. The molecule has 0 saturated heterocycles. The number of hydrogen-bond acceptors (Lipinski definition) is 7. The number of carbonyl (C=O) groups is 2. The van der Waals surface area contributed by atoms with E-state index < -0.39 is 0 Å². The number of aromatic nitrogens is 2. The minimum Gasteiger partial charge on any atom is -0.482 e. The van der Waals surface area contributed by atoms with E-state index in [2.05, 4.69) is 10.4 Å². The minimum absolute atomic E-state index is 0.0166. The molecule has 0 atom stereocenters. The Morgan fingerprint density at radius 1 is 1.32 bits per heavy atom. The van der Waals surface area contributed by atoms with Gasteiger partial charge in [0.1, 0.15) is 5.75 Å². The molecule has 0 aliphatic carbocycles. The van der Waals surface area contributed by atoms with Crippen molar-refractivity contribution in [1.82, 2.24) is 9.78 Å². The van der Waals surface area contributed by atoms with Gasteiger partial charge in [0.05, 0.1) is 17.1 Å². The Morgan fingerprint density at radius 2 is 2.11 bits per heavy atom. The van der Waals surface area contributed by atoms with Crippen molar-refractivity contribution in [2.45, 2.75) is 4.34 Å². The van der Waals surface area contributed by atoms with Crippen LogP contribution in [-0.2, 0) is 4.79 Å². The number of anilines is 1. The first-order chi connectivity index (χ1) is 13.5. The molecule has 0 fully saturated rings. The first-order valence-corrected chi connectivity index (χ1v) is 10.7. The number of ketones is 1. The second kappa shape index (κ2) is 8.04. The van der Waals surface area contributed by atoms with Crippen LogP contribution in [0.3, 0.4) is 0 Å². The number of ether oxygens (including phenoxy) is 1. The van der Waals surface area contributed by atoms with Crippen LogP contribution in [-0.4, -0.2) is 33.8 Å². The predicted octanol–water partition coefficient (Wildman–Crippen LogP) is 4.62. The van der Waals surface area contributed by atoms with E-state index in [0.29, 0.717) is 30.3 Å². The summed E-state index contributed by atoms with van der Waals surface area (Å²) in [5, 5.41) is 7.82. The second-order valence-corrected chi connectivity index (χ2v) is 9.06. The van der Waals surface area contributed by atoms with Gasteiger partial charge in [-0.3, -0.25) is 9.59 Å². The average Bonchev–Trinajstić information content (AvgIpc) is 3.06. The third kappa shape index (κ3) is 4.12. The van der Waals surface area contributed by atoms with Crippen molar-refractivity contribution in [3.8, 4) is 11.4 Å². The highest BCUT2D eigenvalue weighted by molar-refractivity contribution is 8.01. The highest BCUT2D eigenvalue weighted by Crippen LogP contribution is 2.30. The highest BCUT2D eigenvalue weighted by atomic mass is 35.5. The van der Waals surface area contributed by atoms with Gasteiger partial charge in [0.2, 0.25) is 0 Å². The van der Waals surface area contributed by atoms with Crippen LogP contribution < -0.4 is 10.1 Å². The van der Waals surface area contributed by atoms with Gasteiger partial charge in [-0.1, -0.05) is 34.7 Å². The molecule has 1 N–H and O–H groups in total. The average molecular weight is 450 g/mol. The van der Waals surface area contributed by atoms with Crippen molar-refractivity contribution in [2.24, 2.45) is 0 Å². The van der Waals surface area contributed by atoms with Gasteiger partial charge in [0.15, 0.2) is 20.7 Å². The molecule has 3 aromatic rings. The lowest BCUT2D eigenvalue weighted by molar-refractivity contribution is -0.118. The fraction of sp³-hybridized carbons (Fsp3) is 0.111. The zero-order valence-electron chi connectivity index (χ0n) is 14.2.